The Morgan fingerprint density at radius 1 is 1.23 bits per heavy atom. The van der Waals surface area contributed by atoms with Gasteiger partial charge in [0.1, 0.15) is 11.3 Å². The second kappa shape index (κ2) is 9.82. The van der Waals surface area contributed by atoms with Crippen molar-refractivity contribution < 1.29 is 4.74 Å². The molecule has 1 saturated heterocycles. The number of ether oxygens (including phenoxy) is 1. The molecule has 0 bridgehead atoms. The van der Waals surface area contributed by atoms with Gasteiger partial charge in [0, 0.05) is 43.5 Å². The van der Waals surface area contributed by atoms with Gasteiger partial charge in [-0.25, -0.2) is 4.98 Å². The predicted molar refractivity (Wildman–Crippen MR) is 125 cm³/mol. The fourth-order valence-corrected chi connectivity index (χ4v) is 3.90. The minimum Gasteiger partial charge on any atom is -0.496 e. The first-order valence-electron chi connectivity index (χ1n) is 11.0. The van der Waals surface area contributed by atoms with E-state index in [0.717, 1.165) is 74.3 Å². The zero-order chi connectivity index (χ0) is 21.6. The molecule has 0 saturated carbocycles. The van der Waals surface area contributed by atoms with Gasteiger partial charge in [0.15, 0.2) is 11.3 Å². The number of nitrogens with one attached hydrogen (secondary N) is 2. The second-order valence-corrected chi connectivity index (χ2v) is 7.86. The summed E-state index contributed by atoms with van der Waals surface area (Å²) >= 11 is 0. The van der Waals surface area contributed by atoms with Gasteiger partial charge in [-0.05, 0) is 25.5 Å². The van der Waals surface area contributed by atoms with Crippen LogP contribution >= 0.6 is 0 Å². The molecular formula is C22H32N8O. The van der Waals surface area contributed by atoms with Gasteiger partial charge in [-0.2, -0.15) is 10.1 Å². The summed E-state index contributed by atoms with van der Waals surface area (Å²) < 4.78 is 7.59. The molecule has 0 aliphatic carbocycles. The van der Waals surface area contributed by atoms with Crippen LogP contribution in [0.15, 0.2) is 24.4 Å². The Kier molecular flexibility index (Phi) is 6.71. The van der Waals surface area contributed by atoms with Crippen molar-refractivity contribution in [2.45, 2.75) is 32.7 Å². The molecule has 1 aliphatic rings. The molecule has 2 aromatic heterocycles. The van der Waals surface area contributed by atoms with Crippen molar-refractivity contribution in [3.8, 4) is 5.75 Å². The highest BCUT2D eigenvalue weighted by molar-refractivity contribution is 5.85. The van der Waals surface area contributed by atoms with E-state index in [1.165, 1.54) is 5.69 Å². The molecule has 1 aromatic carbocycles. The van der Waals surface area contributed by atoms with Crippen molar-refractivity contribution in [2.75, 3.05) is 55.8 Å². The van der Waals surface area contributed by atoms with Gasteiger partial charge in [-0.3, -0.25) is 4.68 Å². The number of methoxy groups -OCH3 is 1. The molecule has 31 heavy (non-hydrogen) atoms. The molecule has 3 heterocycles. The maximum absolute atomic E-state index is 5.91. The number of nitrogen functional groups attached to an aromatic ring is 1. The molecule has 1 aliphatic heterocycles. The highest BCUT2D eigenvalue weighted by atomic mass is 16.5. The van der Waals surface area contributed by atoms with Crippen molar-refractivity contribution in [2.24, 2.45) is 0 Å². The first-order chi connectivity index (χ1) is 15.2. The van der Waals surface area contributed by atoms with E-state index < -0.39 is 0 Å². The third-order valence-corrected chi connectivity index (χ3v) is 5.56. The maximum atomic E-state index is 5.91. The third-order valence-electron chi connectivity index (χ3n) is 5.56. The van der Waals surface area contributed by atoms with Crippen LogP contribution in [-0.2, 0) is 6.54 Å². The molecule has 0 radical (unpaired) electrons. The van der Waals surface area contributed by atoms with E-state index in [9.17, 15) is 0 Å². The smallest absolute Gasteiger partial charge is 0.222 e. The van der Waals surface area contributed by atoms with Gasteiger partial charge >= 0.3 is 0 Å². The van der Waals surface area contributed by atoms with Crippen molar-refractivity contribution in [1.29, 1.82) is 0 Å². The van der Waals surface area contributed by atoms with Crippen LogP contribution in [0.5, 0.6) is 5.75 Å². The molecule has 4 N–H and O–H groups in total. The lowest BCUT2D eigenvalue weighted by molar-refractivity contribution is 0.407. The normalized spacial score (nSPS) is 14.6. The van der Waals surface area contributed by atoms with E-state index in [1.807, 2.05) is 10.9 Å². The van der Waals surface area contributed by atoms with Gasteiger partial charge in [-0.15, -0.1) is 0 Å². The number of fused-ring (bicyclic) bond motifs is 1. The molecule has 0 unspecified atom stereocenters. The highest BCUT2D eigenvalue weighted by Crippen LogP contribution is 2.28. The SMILES string of the molecule is CCCCNc1nc(N)nc2cn(Cc3ccc(N4CCCNCC4)cc3OC)nc12. The zero-order valence-electron chi connectivity index (χ0n) is 18.4. The van der Waals surface area contributed by atoms with Crippen LogP contribution in [0.2, 0.25) is 0 Å². The lowest BCUT2D eigenvalue weighted by Gasteiger charge is -2.23. The van der Waals surface area contributed by atoms with Crippen LogP contribution < -0.4 is 26.0 Å². The standard InChI is InChI=1S/C22H32N8O/c1-3-4-9-25-21-20-18(26-22(23)27-21)15-30(28-20)14-16-6-7-17(13-19(16)31-2)29-11-5-8-24-10-12-29/h6-7,13,15,24H,3-5,8-12,14H2,1-2H3,(H3,23,25,26,27). The fraction of sp³-hybridized carbons (Fsp3) is 0.500. The topological polar surface area (TPSA) is 106 Å². The first kappa shape index (κ1) is 21.2. The molecule has 3 aromatic rings. The van der Waals surface area contributed by atoms with Gasteiger partial charge in [0.25, 0.3) is 0 Å². The van der Waals surface area contributed by atoms with E-state index in [2.05, 4.69) is 50.6 Å². The van der Waals surface area contributed by atoms with Gasteiger partial charge < -0.3 is 26.0 Å². The number of hydrogen-bond acceptors (Lipinski definition) is 8. The Morgan fingerprint density at radius 2 is 2.13 bits per heavy atom. The summed E-state index contributed by atoms with van der Waals surface area (Å²) in [6.07, 6.45) is 5.21. The Labute approximate surface area is 183 Å². The average molecular weight is 425 g/mol. The number of hydrogen-bond donors (Lipinski definition) is 3. The Balaban J connectivity index is 1.57. The summed E-state index contributed by atoms with van der Waals surface area (Å²) in [6, 6.07) is 6.42. The minimum atomic E-state index is 0.250. The predicted octanol–water partition coefficient (Wildman–Crippen LogP) is 2.48. The number of aromatic nitrogens is 4. The molecule has 0 amide bonds. The molecule has 4 rings (SSSR count). The molecule has 166 valence electrons. The van der Waals surface area contributed by atoms with Crippen molar-refractivity contribution in [3.05, 3.63) is 30.0 Å². The third kappa shape index (κ3) is 4.99. The molecule has 0 atom stereocenters. The van der Waals surface area contributed by atoms with Crippen LogP contribution in [0.4, 0.5) is 17.5 Å². The van der Waals surface area contributed by atoms with E-state index in [1.54, 1.807) is 7.11 Å². The largest absolute Gasteiger partial charge is 0.496 e. The van der Waals surface area contributed by atoms with E-state index in [-0.39, 0.29) is 5.95 Å². The number of anilines is 3. The molecule has 9 heteroatoms. The summed E-state index contributed by atoms with van der Waals surface area (Å²) in [5.41, 5.74) is 9.63. The van der Waals surface area contributed by atoms with Crippen molar-refractivity contribution >= 4 is 28.5 Å². The summed E-state index contributed by atoms with van der Waals surface area (Å²) in [5, 5.41) is 11.5. The summed E-state index contributed by atoms with van der Waals surface area (Å²) in [4.78, 5) is 11.1. The first-order valence-corrected chi connectivity index (χ1v) is 11.0. The van der Waals surface area contributed by atoms with Crippen LogP contribution in [-0.4, -0.2) is 59.6 Å². The molecule has 1 fully saturated rings. The van der Waals surface area contributed by atoms with Crippen LogP contribution in [0.25, 0.3) is 11.0 Å². The number of nitrogens with zero attached hydrogens (tertiary/aromatic N) is 5. The lowest BCUT2D eigenvalue weighted by Crippen LogP contribution is -2.27. The van der Waals surface area contributed by atoms with E-state index in [0.29, 0.717) is 12.4 Å². The number of nitrogens with two attached hydrogens (primary N) is 1. The average Bonchev–Trinajstić information content (AvgIpc) is 2.98. The van der Waals surface area contributed by atoms with Gasteiger partial charge in [0.2, 0.25) is 5.95 Å². The summed E-state index contributed by atoms with van der Waals surface area (Å²) in [7, 11) is 1.72. The van der Waals surface area contributed by atoms with Crippen LogP contribution in [0.3, 0.4) is 0 Å². The minimum absolute atomic E-state index is 0.250. The zero-order valence-corrected chi connectivity index (χ0v) is 18.4. The van der Waals surface area contributed by atoms with Crippen LogP contribution in [0.1, 0.15) is 31.7 Å². The van der Waals surface area contributed by atoms with Gasteiger partial charge in [0.05, 0.1) is 19.9 Å². The van der Waals surface area contributed by atoms with Gasteiger partial charge in [-0.1, -0.05) is 19.4 Å². The number of unbranched alkanes of at least 4 members (excludes halogenated alkanes) is 1. The Morgan fingerprint density at radius 3 is 2.97 bits per heavy atom. The number of benzene rings is 1. The van der Waals surface area contributed by atoms with E-state index in [4.69, 9.17) is 15.6 Å². The summed E-state index contributed by atoms with van der Waals surface area (Å²) in [6.45, 7) is 7.69. The Hall–Kier alpha value is -3.07. The van der Waals surface area contributed by atoms with E-state index >= 15 is 0 Å². The Bertz CT molecular complexity index is 1010. The molecule has 9 nitrogen and oxygen atoms in total. The molecule has 0 spiro atoms. The van der Waals surface area contributed by atoms with Crippen molar-refractivity contribution in [3.63, 3.8) is 0 Å². The fourth-order valence-electron chi connectivity index (χ4n) is 3.90. The highest BCUT2D eigenvalue weighted by Gasteiger charge is 2.15. The maximum Gasteiger partial charge on any atom is 0.222 e. The monoisotopic (exact) mass is 424 g/mol. The van der Waals surface area contributed by atoms with Crippen LogP contribution in [0, 0.1) is 0 Å². The molecular weight excluding hydrogens is 392 g/mol. The van der Waals surface area contributed by atoms with Crippen molar-refractivity contribution in [1.82, 2.24) is 25.1 Å². The second-order valence-electron chi connectivity index (χ2n) is 7.86. The lowest BCUT2D eigenvalue weighted by atomic mass is 10.1. The number of rotatable bonds is 8. The summed E-state index contributed by atoms with van der Waals surface area (Å²) in [5.74, 6) is 1.80. The quantitative estimate of drug-likeness (QED) is 0.474.